The van der Waals surface area contributed by atoms with E-state index in [1.807, 2.05) is 78.9 Å². The lowest BCUT2D eigenvalue weighted by atomic mass is 9.80. The fourth-order valence-corrected chi connectivity index (χ4v) is 12.8. The van der Waals surface area contributed by atoms with E-state index in [4.69, 9.17) is 25.3 Å². The highest BCUT2D eigenvalue weighted by atomic mass is 16.5. The van der Waals surface area contributed by atoms with Crippen LogP contribution in [0.3, 0.4) is 0 Å². The van der Waals surface area contributed by atoms with Gasteiger partial charge in [-0.2, -0.15) is 5.26 Å². The maximum atomic E-state index is 8.83. The largest absolute Gasteiger partial charge is 0.496 e. The topological polar surface area (TPSA) is 45.5 Å². The van der Waals surface area contributed by atoms with Gasteiger partial charge in [-0.05, 0) is 197 Å². The lowest BCUT2D eigenvalue weighted by Crippen LogP contribution is -2.18. The fraction of sp³-hybridized carbons (Fsp3) is 0.364. The number of hydrogen-bond acceptors (Lipinski definition) is 4. The average Bonchev–Trinajstić information content (AvgIpc) is 0.803. The molecule has 0 heterocycles. The van der Waals surface area contributed by atoms with Gasteiger partial charge in [-0.1, -0.05) is 345 Å². The van der Waals surface area contributed by atoms with E-state index in [9.17, 15) is 0 Å². The Bertz CT molecular complexity index is 4200. The number of terminal acetylenes is 1. The van der Waals surface area contributed by atoms with Gasteiger partial charge in [0.2, 0.25) is 0 Å². The standard InChI is InChI=1S/2C18H22.C16H18.C13H13N.C12H19N.2C11H16O/c2*1-13-11-16(15-9-7-6-8-10-15)12-14(2)17(13)18(3,4)5;1-16(2,3)15-11-9-14(10-12-15)13-7-5-4-6-8-13;1-5-10-6-11(9-14)8-12(7-10)13(2,3)4;1-12(2,3)10-8-6-7-9-11(10)13(4)5;2*1-11(2,3)9-7-5-6-8-10(9)12-4/h2*6-12H,1-5H3;4-12H,1-3H3;1,6-8H,2-4H3;6-9H,1-5H3;2*5-8H,1-4H3/i;;;;4D3;;. The first-order valence-electron chi connectivity index (χ1n) is 37.7. The molecule has 10 rings (SSSR count). The van der Waals surface area contributed by atoms with Crippen LogP contribution in [0.2, 0.25) is 0 Å². The van der Waals surface area contributed by atoms with Crippen molar-refractivity contribution in [3.63, 3.8) is 0 Å². The highest BCUT2D eigenvalue weighted by molar-refractivity contribution is 5.68. The van der Waals surface area contributed by atoms with Crippen LogP contribution < -0.4 is 14.4 Å². The molecule has 0 bridgehead atoms. The van der Waals surface area contributed by atoms with E-state index in [1.54, 1.807) is 27.3 Å². The molecule has 4 heteroatoms. The van der Waals surface area contributed by atoms with Gasteiger partial charge in [0.15, 0.2) is 0 Å². The third kappa shape index (κ3) is 27.1. The minimum Gasteiger partial charge on any atom is -0.496 e. The second-order valence-corrected chi connectivity index (χ2v) is 33.9. The van der Waals surface area contributed by atoms with Gasteiger partial charge in [0, 0.05) is 29.4 Å². The van der Waals surface area contributed by atoms with Crippen LogP contribution >= 0.6 is 0 Å². The van der Waals surface area contributed by atoms with E-state index >= 15 is 0 Å². The Morgan fingerprint density at radius 1 is 0.330 bits per heavy atom. The fourth-order valence-electron chi connectivity index (χ4n) is 12.8. The maximum absolute atomic E-state index is 8.83. The van der Waals surface area contributed by atoms with Crippen molar-refractivity contribution in [3.05, 3.63) is 303 Å². The molecular formula is C99H126N2O2. The Labute approximate surface area is 631 Å². The van der Waals surface area contributed by atoms with Crippen molar-refractivity contribution < 1.29 is 13.6 Å². The van der Waals surface area contributed by atoms with Crippen molar-refractivity contribution in [3.8, 4) is 63.3 Å². The highest BCUT2D eigenvalue weighted by Crippen LogP contribution is 2.37. The monoisotopic (exact) mass is 1380 g/mol. The van der Waals surface area contributed by atoms with Gasteiger partial charge in [-0.3, -0.25) is 0 Å². The minimum atomic E-state index is -2.10. The molecule has 4 nitrogen and oxygen atoms in total. The number of benzene rings is 10. The summed E-state index contributed by atoms with van der Waals surface area (Å²) in [6, 6.07) is 81.4. The Morgan fingerprint density at radius 3 is 0.922 bits per heavy atom. The zero-order chi connectivity index (χ0) is 80.0. The van der Waals surface area contributed by atoms with E-state index in [-0.39, 0.29) is 37.9 Å². The zero-order valence-corrected chi connectivity index (χ0v) is 68.2. The number of nitrogens with zero attached hydrogens (tertiary/aromatic N) is 2. The molecule has 0 amide bonds. The number of ether oxygens (including phenoxy) is 2. The van der Waals surface area contributed by atoms with Crippen LogP contribution in [0.15, 0.2) is 231 Å². The Kier molecular flexibility index (Phi) is 29.6. The predicted molar refractivity (Wildman–Crippen MR) is 451 cm³/mol. The van der Waals surface area contributed by atoms with Crippen molar-refractivity contribution in [2.24, 2.45) is 0 Å². The highest BCUT2D eigenvalue weighted by Gasteiger charge is 2.23. The second-order valence-electron chi connectivity index (χ2n) is 33.9. The first-order valence-corrected chi connectivity index (χ1v) is 36.2. The Morgan fingerprint density at radius 2 is 0.631 bits per heavy atom. The van der Waals surface area contributed by atoms with Gasteiger partial charge in [-0.25, -0.2) is 0 Å². The summed E-state index contributed by atoms with van der Waals surface area (Å²) in [4.78, 5) is 1.35. The zero-order valence-electron chi connectivity index (χ0n) is 71.2. The van der Waals surface area contributed by atoms with Crippen molar-refractivity contribution >= 4 is 5.69 Å². The number of anilines is 1. The van der Waals surface area contributed by atoms with Crippen LogP contribution in [-0.2, 0) is 37.9 Å². The first-order chi connectivity index (χ1) is 49.1. The predicted octanol–water partition coefficient (Wildman–Crippen LogP) is 27.1. The van der Waals surface area contributed by atoms with Crippen molar-refractivity contribution in [2.45, 2.75) is 211 Å². The summed E-state index contributed by atoms with van der Waals surface area (Å²) in [5, 5.41) is 8.83. The number of nitriles is 1. The van der Waals surface area contributed by atoms with Crippen LogP contribution in [0.5, 0.6) is 11.5 Å². The number of aryl methyl sites for hydroxylation is 4. The molecule has 0 aromatic heterocycles. The van der Waals surface area contributed by atoms with Gasteiger partial charge >= 0.3 is 0 Å². The van der Waals surface area contributed by atoms with Crippen LogP contribution in [0.4, 0.5) is 5.69 Å². The second kappa shape index (κ2) is 37.7. The number of methoxy groups -OCH3 is 2. The quantitative estimate of drug-likeness (QED) is 0.156. The molecule has 0 spiro atoms. The summed E-state index contributed by atoms with van der Waals surface area (Å²) in [5.41, 5.74) is 25.5. The molecule has 544 valence electrons. The van der Waals surface area contributed by atoms with Crippen LogP contribution in [-0.4, -0.2) is 28.2 Å². The minimum absolute atomic E-state index is 0.0263. The molecule has 0 saturated heterocycles. The lowest BCUT2D eigenvalue weighted by Gasteiger charge is -2.26. The maximum Gasteiger partial charge on any atom is 0.122 e. The third-order valence-electron chi connectivity index (χ3n) is 17.6. The lowest BCUT2D eigenvalue weighted by molar-refractivity contribution is 0.397. The number of hydrogen-bond donors (Lipinski definition) is 0. The molecule has 0 fully saturated rings. The van der Waals surface area contributed by atoms with E-state index in [0.29, 0.717) is 5.56 Å². The molecule has 10 aromatic carbocycles. The number of rotatable bonds is 6. The molecule has 0 aliphatic rings. The summed E-state index contributed by atoms with van der Waals surface area (Å²) in [5.74, 6) is 4.52. The molecule has 0 unspecified atom stereocenters. The Hall–Kier alpha value is -9.35. The van der Waals surface area contributed by atoms with Crippen LogP contribution in [0.1, 0.15) is 222 Å². The van der Waals surface area contributed by atoms with Gasteiger partial charge < -0.3 is 14.4 Å². The molecule has 0 N–H and O–H groups in total. The van der Waals surface area contributed by atoms with Gasteiger partial charge in [0.25, 0.3) is 0 Å². The summed E-state index contributed by atoms with van der Waals surface area (Å²) in [7, 11) is 5.03. The molecule has 10 aromatic rings. The normalized spacial score (nSPS) is 11.9. The van der Waals surface area contributed by atoms with Crippen LogP contribution in [0.25, 0.3) is 33.4 Å². The van der Waals surface area contributed by atoms with Crippen LogP contribution in [0, 0.1) is 51.4 Å². The van der Waals surface area contributed by atoms with E-state index in [2.05, 4.69) is 331 Å². The van der Waals surface area contributed by atoms with Gasteiger partial charge in [-0.15, -0.1) is 6.42 Å². The average molecular weight is 1380 g/mol. The van der Waals surface area contributed by atoms with E-state index in [0.717, 1.165) is 33.9 Å². The summed E-state index contributed by atoms with van der Waals surface area (Å²) in [6.07, 6.45) is 5.33. The van der Waals surface area contributed by atoms with Crippen molar-refractivity contribution in [1.82, 2.24) is 0 Å². The smallest absolute Gasteiger partial charge is 0.122 e. The Balaban J connectivity index is 0.000000263. The van der Waals surface area contributed by atoms with Crippen molar-refractivity contribution in [2.75, 3.05) is 33.1 Å². The van der Waals surface area contributed by atoms with Gasteiger partial charge in [0.05, 0.1) is 25.9 Å². The molecule has 0 aliphatic heterocycles. The molecule has 0 radical (unpaired) electrons. The summed E-state index contributed by atoms with van der Waals surface area (Å²) in [6.45, 7) is 52.9. The molecule has 0 aliphatic carbocycles. The van der Waals surface area contributed by atoms with Gasteiger partial charge in [0.1, 0.15) is 11.5 Å². The molecule has 0 saturated carbocycles. The number of para-hydroxylation sites is 3. The molecule has 0 atom stereocenters. The van der Waals surface area contributed by atoms with E-state index < -0.39 is 6.98 Å². The summed E-state index contributed by atoms with van der Waals surface area (Å²) < 4.78 is 32.9. The summed E-state index contributed by atoms with van der Waals surface area (Å²) >= 11 is 0. The van der Waals surface area contributed by atoms with Crippen molar-refractivity contribution in [1.29, 1.82) is 5.26 Å². The molecular weight excluding hydrogens is 1250 g/mol. The SMILES string of the molecule is C#Cc1cc(C#N)cc(C(C)(C)C)c1.CC(C)(C)c1ccc(-c2ccccc2)cc1.COc1ccccc1C(C)(C)C.COc1ccccc1C(C)(C)C.Cc1cc(-c2ccccc2)cc(C)c1C(C)(C)C.Cc1cc(-c2ccccc2)cc(C)c1C(C)(C)C.[2H]C([2H])([2H])N(C)c1ccccc1C(C)(C)C. The van der Waals surface area contributed by atoms with E-state index in [1.165, 1.54) is 88.4 Å². The first kappa shape index (κ1) is 81.0. The third-order valence-corrected chi connectivity index (χ3v) is 17.6. The molecule has 103 heavy (non-hydrogen) atoms.